The number of nitrogens with zero attached hydrogens (tertiary/aromatic N) is 2. The van der Waals surface area contributed by atoms with Crippen molar-refractivity contribution < 1.29 is 14.7 Å². The molecule has 0 aromatic carbocycles. The molecule has 0 radical (unpaired) electrons. The van der Waals surface area contributed by atoms with Crippen LogP contribution in [0.3, 0.4) is 0 Å². The summed E-state index contributed by atoms with van der Waals surface area (Å²) in [5.74, 6) is -0.445. The average Bonchev–Trinajstić information content (AvgIpc) is 2.67. The number of amides is 1. The maximum absolute atomic E-state index is 11.5. The smallest absolute Gasteiger partial charge is 0.303 e. The molecule has 2 atom stereocenters. The van der Waals surface area contributed by atoms with Gasteiger partial charge in [-0.05, 0) is 19.8 Å². The van der Waals surface area contributed by atoms with Crippen LogP contribution in [0, 0.1) is 0 Å². The molecule has 5 nitrogen and oxygen atoms in total. The van der Waals surface area contributed by atoms with Gasteiger partial charge in [-0.2, -0.15) is 0 Å². The van der Waals surface area contributed by atoms with Crippen molar-refractivity contribution in [3.05, 3.63) is 0 Å². The molecule has 2 saturated heterocycles. The largest absolute Gasteiger partial charge is 0.481 e. The van der Waals surface area contributed by atoms with Gasteiger partial charge in [-0.1, -0.05) is 0 Å². The molecule has 1 amide bonds. The van der Waals surface area contributed by atoms with Crippen LogP contribution in [0.5, 0.6) is 0 Å². The minimum absolute atomic E-state index is 0.227. The highest BCUT2D eigenvalue weighted by molar-refractivity contribution is 5.78. The first-order chi connectivity index (χ1) is 8.08. The number of aliphatic carboxylic acids is 1. The van der Waals surface area contributed by atoms with Crippen molar-refractivity contribution in [1.82, 2.24) is 9.80 Å². The van der Waals surface area contributed by atoms with Gasteiger partial charge in [0.1, 0.15) is 0 Å². The molecule has 0 aromatic rings. The summed E-state index contributed by atoms with van der Waals surface area (Å²) < 4.78 is 0. The molecule has 0 spiro atoms. The Hall–Kier alpha value is -1.10. The fraction of sp³-hybridized carbons (Fsp3) is 0.833. The predicted octanol–water partition coefficient (Wildman–Crippen LogP) is 0.546. The summed E-state index contributed by atoms with van der Waals surface area (Å²) in [7, 11) is 0. The van der Waals surface area contributed by atoms with E-state index in [0.29, 0.717) is 24.9 Å². The Bertz CT molecular complexity index is 319. The van der Waals surface area contributed by atoms with Crippen molar-refractivity contribution in [3.8, 4) is 0 Å². The summed E-state index contributed by atoms with van der Waals surface area (Å²) in [6.45, 7) is 4.67. The molecule has 2 rings (SSSR count). The Morgan fingerprint density at radius 3 is 3.00 bits per heavy atom. The van der Waals surface area contributed by atoms with Gasteiger partial charge in [0.25, 0.3) is 0 Å². The lowest BCUT2D eigenvalue weighted by atomic mass is 10.1. The molecule has 5 heteroatoms. The van der Waals surface area contributed by atoms with E-state index in [1.165, 1.54) is 0 Å². The van der Waals surface area contributed by atoms with Crippen LogP contribution in [-0.4, -0.2) is 58.5 Å². The monoisotopic (exact) mass is 240 g/mol. The number of hydrogen-bond acceptors (Lipinski definition) is 3. The van der Waals surface area contributed by atoms with E-state index in [9.17, 15) is 9.59 Å². The Labute approximate surface area is 101 Å². The summed E-state index contributed by atoms with van der Waals surface area (Å²) >= 11 is 0. The van der Waals surface area contributed by atoms with Crippen LogP contribution in [0.4, 0.5) is 0 Å². The molecule has 0 aromatic heterocycles. The molecule has 17 heavy (non-hydrogen) atoms. The average molecular weight is 240 g/mol. The quantitative estimate of drug-likeness (QED) is 0.779. The second-order valence-electron chi connectivity index (χ2n) is 5.06. The third-order valence-corrected chi connectivity index (χ3v) is 3.93. The molecule has 0 bridgehead atoms. The molecule has 2 aliphatic heterocycles. The van der Waals surface area contributed by atoms with Gasteiger partial charge in [-0.25, -0.2) is 0 Å². The molecule has 2 fully saturated rings. The number of carbonyl (C=O) groups is 2. The van der Waals surface area contributed by atoms with Crippen molar-refractivity contribution in [2.24, 2.45) is 0 Å². The maximum atomic E-state index is 11.5. The molecular weight excluding hydrogens is 220 g/mol. The molecule has 2 unspecified atom stereocenters. The number of piperazine rings is 1. The second-order valence-corrected chi connectivity index (χ2v) is 5.06. The van der Waals surface area contributed by atoms with Crippen LogP contribution in [0.15, 0.2) is 0 Å². The number of hydrogen-bond donors (Lipinski definition) is 1. The van der Waals surface area contributed by atoms with E-state index < -0.39 is 5.97 Å². The predicted molar refractivity (Wildman–Crippen MR) is 62.6 cm³/mol. The Kier molecular flexibility index (Phi) is 3.66. The summed E-state index contributed by atoms with van der Waals surface area (Å²) in [5, 5.41) is 8.67. The number of carbonyl (C=O) groups excluding carboxylic acids is 1. The summed E-state index contributed by atoms with van der Waals surface area (Å²) in [4.78, 5) is 26.4. The van der Waals surface area contributed by atoms with Crippen molar-refractivity contribution in [1.29, 1.82) is 0 Å². The number of fused-ring (bicyclic) bond motifs is 1. The number of carboxylic acid groups (broad SMARTS) is 1. The first-order valence-corrected chi connectivity index (χ1v) is 6.33. The van der Waals surface area contributed by atoms with E-state index in [4.69, 9.17) is 5.11 Å². The standard InChI is InChI=1S/C12H20N2O3/c1-9(2-5-12(16)17)13-6-7-14-10(8-13)3-4-11(14)15/h9-10H,2-8H2,1H3,(H,16,17). The lowest BCUT2D eigenvalue weighted by Crippen LogP contribution is -2.53. The fourth-order valence-electron chi connectivity index (χ4n) is 2.80. The molecule has 2 aliphatic rings. The van der Waals surface area contributed by atoms with E-state index in [-0.39, 0.29) is 12.3 Å². The maximum Gasteiger partial charge on any atom is 0.303 e. The SMILES string of the molecule is CC(CCC(=O)O)N1CCN2C(=O)CCC2C1. The Morgan fingerprint density at radius 2 is 2.29 bits per heavy atom. The first kappa shape index (κ1) is 12.4. The van der Waals surface area contributed by atoms with Crippen LogP contribution in [-0.2, 0) is 9.59 Å². The summed E-state index contributed by atoms with van der Waals surface area (Å²) in [6, 6.07) is 0.660. The fourth-order valence-corrected chi connectivity index (χ4v) is 2.80. The van der Waals surface area contributed by atoms with Gasteiger partial charge in [-0.15, -0.1) is 0 Å². The minimum atomic E-state index is -0.730. The van der Waals surface area contributed by atoms with Gasteiger partial charge in [0.15, 0.2) is 0 Å². The molecule has 2 heterocycles. The van der Waals surface area contributed by atoms with Crippen molar-refractivity contribution in [2.75, 3.05) is 19.6 Å². The highest BCUT2D eigenvalue weighted by Gasteiger charge is 2.36. The van der Waals surface area contributed by atoms with E-state index in [0.717, 1.165) is 26.1 Å². The second kappa shape index (κ2) is 5.04. The van der Waals surface area contributed by atoms with Crippen LogP contribution >= 0.6 is 0 Å². The van der Waals surface area contributed by atoms with Crippen LogP contribution < -0.4 is 0 Å². The van der Waals surface area contributed by atoms with E-state index in [1.54, 1.807) is 0 Å². The molecule has 96 valence electrons. The van der Waals surface area contributed by atoms with Crippen LogP contribution in [0.1, 0.15) is 32.6 Å². The molecule has 0 aliphatic carbocycles. The van der Waals surface area contributed by atoms with Crippen molar-refractivity contribution in [3.63, 3.8) is 0 Å². The Morgan fingerprint density at radius 1 is 1.53 bits per heavy atom. The van der Waals surface area contributed by atoms with Crippen LogP contribution in [0.2, 0.25) is 0 Å². The van der Waals surface area contributed by atoms with Gasteiger partial charge in [0.05, 0.1) is 0 Å². The Balaban J connectivity index is 1.84. The van der Waals surface area contributed by atoms with Gasteiger partial charge in [0, 0.05) is 44.6 Å². The minimum Gasteiger partial charge on any atom is -0.481 e. The zero-order chi connectivity index (χ0) is 12.4. The van der Waals surface area contributed by atoms with Gasteiger partial charge < -0.3 is 10.0 Å². The zero-order valence-corrected chi connectivity index (χ0v) is 10.3. The van der Waals surface area contributed by atoms with Crippen molar-refractivity contribution in [2.45, 2.75) is 44.7 Å². The first-order valence-electron chi connectivity index (χ1n) is 6.33. The summed E-state index contributed by atoms with van der Waals surface area (Å²) in [6.07, 6.45) is 2.56. The van der Waals surface area contributed by atoms with Crippen molar-refractivity contribution >= 4 is 11.9 Å². The summed E-state index contributed by atoms with van der Waals surface area (Å²) in [5.41, 5.74) is 0. The van der Waals surface area contributed by atoms with E-state index in [2.05, 4.69) is 11.8 Å². The highest BCUT2D eigenvalue weighted by atomic mass is 16.4. The lowest BCUT2D eigenvalue weighted by Gasteiger charge is -2.40. The number of rotatable bonds is 4. The molecular formula is C12H20N2O3. The van der Waals surface area contributed by atoms with E-state index >= 15 is 0 Å². The van der Waals surface area contributed by atoms with E-state index in [1.807, 2.05) is 4.90 Å². The normalized spacial score (nSPS) is 27.0. The third kappa shape index (κ3) is 2.77. The zero-order valence-electron chi connectivity index (χ0n) is 10.3. The van der Waals surface area contributed by atoms with Crippen LogP contribution in [0.25, 0.3) is 0 Å². The van der Waals surface area contributed by atoms with Gasteiger partial charge >= 0.3 is 5.97 Å². The topological polar surface area (TPSA) is 60.9 Å². The molecule has 1 N–H and O–H groups in total. The highest BCUT2D eigenvalue weighted by Crippen LogP contribution is 2.24. The third-order valence-electron chi connectivity index (χ3n) is 3.93. The molecule has 0 saturated carbocycles. The van der Waals surface area contributed by atoms with Gasteiger partial charge in [-0.3, -0.25) is 14.5 Å². The van der Waals surface area contributed by atoms with Gasteiger partial charge in [0.2, 0.25) is 5.91 Å². The number of carboxylic acids is 1. The lowest BCUT2D eigenvalue weighted by molar-refractivity contribution is -0.137.